The first kappa shape index (κ1) is 16.6. The normalized spacial score (nSPS) is 10.9. The molecule has 0 aliphatic carbocycles. The Morgan fingerprint density at radius 1 is 1.39 bits per heavy atom. The van der Waals surface area contributed by atoms with E-state index in [9.17, 15) is 9.90 Å². The molecular formula is C17H20N2O4. The fourth-order valence-corrected chi connectivity index (χ4v) is 2.02. The lowest BCUT2D eigenvalue weighted by molar-refractivity contribution is 0.0953. The van der Waals surface area contributed by atoms with Crippen LogP contribution in [-0.4, -0.2) is 23.8 Å². The molecular weight excluding hydrogens is 296 g/mol. The molecule has 0 bridgehead atoms. The number of rotatable bonds is 6. The lowest BCUT2D eigenvalue weighted by Gasteiger charge is -2.06. The highest BCUT2D eigenvalue weighted by Crippen LogP contribution is 2.22. The summed E-state index contributed by atoms with van der Waals surface area (Å²) >= 11 is 0. The van der Waals surface area contributed by atoms with Gasteiger partial charge in [-0.3, -0.25) is 4.79 Å². The first-order chi connectivity index (χ1) is 11.0. The molecule has 0 atom stereocenters. The number of hydrazone groups is 1. The van der Waals surface area contributed by atoms with Gasteiger partial charge in [-0.2, -0.15) is 5.10 Å². The van der Waals surface area contributed by atoms with E-state index in [1.165, 1.54) is 12.3 Å². The van der Waals surface area contributed by atoms with E-state index in [4.69, 9.17) is 9.15 Å². The van der Waals surface area contributed by atoms with Gasteiger partial charge >= 0.3 is 0 Å². The Balaban J connectivity index is 2.00. The van der Waals surface area contributed by atoms with E-state index in [0.29, 0.717) is 35.0 Å². The first-order valence-corrected chi connectivity index (χ1v) is 7.37. The van der Waals surface area contributed by atoms with Gasteiger partial charge in [0.2, 0.25) is 0 Å². The standard InChI is InChI=1S/C17H20N2O4/c1-4-7-22-14-6-5-13(16(20)9-14)10-18-19-17(21)15-8-11(2)23-12(15)3/h5-6,8-10,20H,4,7H2,1-3H3,(H,19,21)/b18-10+. The Morgan fingerprint density at radius 2 is 2.17 bits per heavy atom. The maximum atomic E-state index is 12.0. The van der Waals surface area contributed by atoms with Crippen molar-refractivity contribution in [3.8, 4) is 11.5 Å². The largest absolute Gasteiger partial charge is 0.507 e. The Kier molecular flexibility index (Phi) is 5.41. The Hall–Kier alpha value is -2.76. The van der Waals surface area contributed by atoms with E-state index in [1.54, 1.807) is 32.0 Å². The van der Waals surface area contributed by atoms with E-state index in [-0.39, 0.29) is 11.7 Å². The number of aromatic hydroxyl groups is 1. The van der Waals surface area contributed by atoms with E-state index in [2.05, 4.69) is 10.5 Å². The van der Waals surface area contributed by atoms with Crippen LogP contribution >= 0.6 is 0 Å². The summed E-state index contributed by atoms with van der Waals surface area (Å²) in [5, 5.41) is 13.8. The zero-order chi connectivity index (χ0) is 16.8. The van der Waals surface area contributed by atoms with Gasteiger partial charge in [0.1, 0.15) is 23.0 Å². The fourth-order valence-electron chi connectivity index (χ4n) is 2.02. The van der Waals surface area contributed by atoms with Crippen LogP contribution < -0.4 is 10.2 Å². The van der Waals surface area contributed by atoms with Crippen molar-refractivity contribution >= 4 is 12.1 Å². The summed E-state index contributed by atoms with van der Waals surface area (Å²) in [5.41, 5.74) is 3.32. The molecule has 1 aromatic heterocycles. The Bertz CT molecular complexity index is 719. The minimum absolute atomic E-state index is 0.0342. The van der Waals surface area contributed by atoms with Gasteiger partial charge < -0.3 is 14.3 Å². The number of hydrogen-bond acceptors (Lipinski definition) is 5. The second-order valence-corrected chi connectivity index (χ2v) is 5.10. The van der Waals surface area contributed by atoms with Crippen molar-refractivity contribution in [2.24, 2.45) is 5.10 Å². The number of aryl methyl sites for hydroxylation is 2. The zero-order valence-electron chi connectivity index (χ0n) is 13.4. The molecule has 1 aromatic carbocycles. The molecule has 0 saturated carbocycles. The second kappa shape index (κ2) is 7.49. The Morgan fingerprint density at radius 3 is 2.78 bits per heavy atom. The molecule has 2 N–H and O–H groups in total. The van der Waals surface area contributed by atoms with Crippen molar-refractivity contribution < 1.29 is 19.1 Å². The molecule has 0 fully saturated rings. The quantitative estimate of drug-likeness (QED) is 0.633. The summed E-state index contributed by atoms with van der Waals surface area (Å²) in [7, 11) is 0. The molecule has 23 heavy (non-hydrogen) atoms. The van der Waals surface area contributed by atoms with Crippen molar-refractivity contribution in [3.63, 3.8) is 0 Å². The first-order valence-electron chi connectivity index (χ1n) is 7.37. The molecule has 6 heteroatoms. The number of nitrogens with one attached hydrogen (secondary N) is 1. The number of benzene rings is 1. The average molecular weight is 316 g/mol. The molecule has 0 aliphatic rings. The average Bonchev–Trinajstić information content (AvgIpc) is 2.85. The maximum absolute atomic E-state index is 12.0. The summed E-state index contributed by atoms with van der Waals surface area (Å²) < 4.78 is 10.7. The molecule has 0 radical (unpaired) electrons. The number of phenolic OH excluding ortho intramolecular Hbond substituents is 1. The number of carbonyl (C=O) groups is 1. The molecule has 2 aromatic rings. The van der Waals surface area contributed by atoms with E-state index in [0.717, 1.165) is 6.42 Å². The number of ether oxygens (including phenoxy) is 1. The van der Waals surface area contributed by atoms with Gasteiger partial charge in [0.15, 0.2) is 0 Å². The molecule has 0 unspecified atom stereocenters. The van der Waals surface area contributed by atoms with E-state index >= 15 is 0 Å². The summed E-state index contributed by atoms with van der Waals surface area (Å²) in [6.07, 6.45) is 2.27. The molecule has 2 rings (SSSR count). The lowest BCUT2D eigenvalue weighted by Crippen LogP contribution is -2.17. The third kappa shape index (κ3) is 4.35. The highest BCUT2D eigenvalue weighted by Gasteiger charge is 2.12. The van der Waals surface area contributed by atoms with Crippen molar-refractivity contribution in [2.75, 3.05) is 6.61 Å². The SMILES string of the molecule is CCCOc1ccc(/C=N/NC(=O)c2cc(C)oc2C)c(O)c1. The van der Waals surface area contributed by atoms with Crippen LogP contribution in [0.1, 0.15) is 40.8 Å². The third-order valence-electron chi connectivity index (χ3n) is 3.13. The molecule has 1 heterocycles. The van der Waals surface area contributed by atoms with Crippen LogP contribution in [0.3, 0.4) is 0 Å². The summed E-state index contributed by atoms with van der Waals surface area (Å²) in [4.78, 5) is 12.0. The molecule has 0 aliphatic heterocycles. The number of amides is 1. The fraction of sp³-hybridized carbons (Fsp3) is 0.294. The minimum atomic E-state index is -0.363. The van der Waals surface area contributed by atoms with Crippen LogP contribution in [-0.2, 0) is 0 Å². The predicted octanol–water partition coefficient (Wildman–Crippen LogP) is 3.15. The van der Waals surface area contributed by atoms with Crippen LogP contribution in [0.25, 0.3) is 0 Å². The van der Waals surface area contributed by atoms with Crippen molar-refractivity contribution in [1.82, 2.24) is 5.43 Å². The minimum Gasteiger partial charge on any atom is -0.507 e. The highest BCUT2D eigenvalue weighted by molar-refractivity contribution is 5.96. The van der Waals surface area contributed by atoms with E-state index < -0.39 is 0 Å². The molecule has 0 saturated heterocycles. The van der Waals surface area contributed by atoms with Gasteiger partial charge in [0.05, 0.1) is 18.4 Å². The maximum Gasteiger partial charge on any atom is 0.274 e. The topological polar surface area (TPSA) is 84.1 Å². The zero-order valence-corrected chi connectivity index (χ0v) is 13.4. The number of furan rings is 1. The summed E-state index contributed by atoms with van der Waals surface area (Å²) in [5.74, 6) is 1.47. The van der Waals surface area contributed by atoms with Gasteiger partial charge in [0.25, 0.3) is 5.91 Å². The van der Waals surface area contributed by atoms with Gasteiger partial charge in [0, 0.05) is 11.6 Å². The van der Waals surface area contributed by atoms with Gasteiger partial charge in [-0.15, -0.1) is 0 Å². The molecule has 1 amide bonds. The summed E-state index contributed by atoms with van der Waals surface area (Å²) in [6, 6.07) is 6.57. The smallest absolute Gasteiger partial charge is 0.274 e. The number of carbonyl (C=O) groups excluding carboxylic acids is 1. The van der Waals surface area contributed by atoms with Crippen LogP contribution in [0.5, 0.6) is 11.5 Å². The van der Waals surface area contributed by atoms with Crippen LogP contribution in [0.4, 0.5) is 0 Å². The molecule has 6 nitrogen and oxygen atoms in total. The van der Waals surface area contributed by atoms with Gasteiger partial charge in [-0.25, -0.2) is 5.43 Å². The predicted molar refractivity (Wildman–Crippen MR) is 87.1 cm³/mol. The van der Waals surface area contributed by atoms with Crippen molar-refractivity contribution in [2.45, 2.75) is 27.2 Å². The van der Waals surface area contributed by atoms with E-state index in [1.807, 2.05) is 6.92 Å². The van der Waals surface area contributed by atoms with Crippen LogP contribution in [0.15, 0.2) is 33.8 Å². The van der Waals surface area contributed by atoms with Crippen molar-refractivity contribution in [3.05, 3.63) is 46.9 Å². The molecule has 0 spiro atoms. The summed E-state index contributed by atoms with van der Waals surface area (Å²) in [6.45, 7) is 6.08. The number of nitrogens with zero attached hydrogens (tertiary/aromatic N) is 1. The second-order valence-electron chi connectivity index (χ2n) is 5.10. The Labute approximate surface area is 134 Å². The van der Waals surface area contributed by atoms with Gasteiger partial charge in [-0.05, 0) is 38.5 Å². The molecule has 122 valence electrons. The third-order valence-corrected chi connectivity index (χ3v) is 3.13. The monoisotopic (exact) mass is 316 g/mol. The van der Waals surface area contributed by atoms with Crippen molar-refractivity contribution in [1.29, 1.82) is 0 Å². The highest BCUT2D eigenvalue weighted by atomic mass is 16.5. The lowest BCUT2D eigenvalue weighted by atomic mass is 10.2. The van der Waals surface area contributed by atoms with Crippen LogP contribution in [0.2, 0.25) is 0 Å². The van der Waals surface area contributed by atoms with Crippen LogP contribution in [0, 0.1) is 13.8 Å². The number of hydrogen-bond donors (Lipinski definition) is 2. The number of phenols is 1. The van der Waals surface area contributed by atoms with Gasteiger partial charge in [-0.1, -0.05) is 6.92 Å².